The fraction of sp³-hybridized carbons (Fsp3) is 0.462. The molecule has 0 bridgehead atoms. The van der Waals surface area contributed by atoms with Crippen LogP contribution in [0.25, 0.3) is 0 Å². The minimum atomic E-state index is -1.35. The van der Waals surface area contributed by atoms with E-state index in [1.807, 2.05) is 13.8 Å². The minimum Gasteiger partial charge on any atom is -0.391 e. The molecule has 0 heterocycles. The van der Waals surface area contributed by atoms with Gasteiger partial charge >= 0.3 is 0 Å². The van der Waals surface area contributed by atoms with Crippen molar-refractivity contribution in [1.29, 1.82) is 0 Å². The van der Waals surface area contributed by atoms with Gasteiger partial charge in [0.2, 0.25) is 0 Å². The Morgan fingerprint density at radius 2 is 1.79 bits per heavy atom. The number of nitrogens with one attached hydrogen (secondary N) is 1. The summed E-state index contributed by atoms with van der Waals surface area (Å²) in [6, 6.07) is 0.809. The number of aliphatic hydroxyl groups excluding tert-OH is 1. The lowest BCUT2D eigenvalue weighted by atomic mass is 10.1. The topological polar surface area (TPSA) is 49.3 Å². The predicted octanol–water partition coefficient (Wildman–Crippen LogP) is 2.24. The maximum absolute atomic E-state index is 13.3. The second-order valence-electron chi connectivity index (χ2n) is 4.74. The van der Waals surface area contributed by atoms with Crippen molar-refractivity contribution in [3.05, 3.63) is 35.1 Å². The molecule has 0 spiro atoms. The normalized spacial score (nSPS) is 12.6. The van der Waals surface area contributed by atoms with Gasteiger partial charge in [-0.1, -0.05) is 13.8 Å². The molecule has 19 heavy (non-hydrogen) atoms. The van der Waals surface area contributed by atoms with Gasteiger partial charge in [-0.2, -0.15) is 0 Å². The summed E-state index contributed by atoms with van der Waals surface area (Å²) >= 11 is 0. The van der Waals surface area contributed by atoms with Crippen LogP contribution in [0, 0.1) is 23.4 Å². The van der Waals surface area contributed by atoms with Crippen LogP contribution in [0.15, 0.2) is 12.1 Å². The van der Waals surface area contributed by atoms with E-state index in [2.05, 4.69) is 5.32 Å². The summed E-state index contributed by atoms with van der Waals surface area (Å²) in [5.74, 6) is -4.44. The number of carbonyl (C=O) groups is 1. The van der Waals surface area contributed by atoms with Gasteiger partial charge in [-0.15, -0.1) is 0 Å². The largest absolute Gasteiger partial charge is 0.391 e. The van der Waals surface area contributed by atoms with Crippen molar-refractivity contribution >= 4 is 5.91 Å². The molecule has 1 aromatic carbocycles. The number of rotatable bonds is 5. The quantitative estimate of drug-likeness (QED) is 0.810. The van der Waals surface area contributed by atoms with Gasteiger partial charge in [0.25, 0.3) is 5.91 Å². The van der Waals surface area contributed by atoms with E-state index in [4.69, 9.17) is 0 Å². The zero-order valence-corrected chi connectivity index (χ0v) is 10.7. The van der Waals surface area contributed by atoms with E-state index in [9.17, 15) is 23.1 Å². The third kappa shape index (κ3) is 4.55. The molecule has 2 N–H and O–H groups in total. The molecule has 6 heteroatoms. The molecule has 1 atom stereocenters. The third-order valence-electron chi connectivity index (χ3n) is 2.50. The molecule has 1 unspecified atom stereocenters. The van der Waals surface area contributed by atoms with Crippen molar-refractivity contribution < 1.29 is 23.1 Å². The standard InChI is InChI=1S/C13H16F3NO2/c1-7(2)3-8(18)6-17-13(19)9-4-11(15)12(16)5-10(9)14/h4-5,7-8,18H,3,6H2,1-2H3,(H,17,19). The second-order valence-corrected chi connectivity index (χ2v) is 4.74. The fourth-order valence-corrected chi connectivity index (χ4v) is 1.63. The summed E-state index contributed by atoms with van der Waals surface area (Å²) in [4.78, 5) is 11.6. The summed E-state index contributed by atoms with van der Waals surface area (Å²) in [7, 11) is 0. The summed E-state index contributed by atoms with van der Waals surface area (Å²) < 4.78 is 38.9. The molecule has 1 aromatic rings. The van der Waals surface area contributed by atoms with Crippen LogP contribution in [-0.4, -0.2) is 23.7 Å². The highest BCUT2D eigenvalue weighted by Crippen LogP contribution is 2.13. The van der Waals surface area contributed by atoms with E-state index in [0.717, 1.165) is 0 Å². The van der Waals surface area contributed by atoms with Gasteiger partial charge < -0.3 is 10.4 Å². The zero-order chi connectivity index (χ0) is 14.6. The Morgan fingerprint density at radius 1 is 1.21 bits per heavy atom. The first kappa shape index (κ1) is 15.5. The molecule has 0 aliphatic heterocycles. The number of aliphatic hydroxyl groups is 1. The molecule has 0 aliphatic rings. The number of halogens is 3. The number of amides is 1. The number of carbonyl (C=O) groups excluding carboxylic acids is 1. The predicted molar refractivity (Wildman–Crippen MR) is 64.1 cm³/mol. The molecule has 0 aromatic heterocycles. The summed E-state index contributed by atoms with van der Waals surface area (Å²) in [5.41, 5.74) is -0.587. The zero-order valence-electron chi connectivity index (χ0n) is 10.7. The first-order valence-electron chi connectivity index (χ1n) is 5.92. The number of hydrogen-bond acceptors (Lipinski definition) is 2. The summed E-state index contributed by atoms with van der Waals surface area (Å²) in [6.07, 6.45) is -0.294. The molecule has 0 saturated carbocycles. The Balaban J connectivity index is 2.66. The molecular formula is C13H16F3NO2. The average molecular weight is 275 g/mol. The lowest BCUT2D eigenvalue weighted by Crippen LogP contribution is -2.33. The van der Waals surface area contributed by atoms with Gasteiger partial charge in [0, 0.05) is 12.6 Å². The van der Waals surface area contributed by atoms with Gasteiger partial charge in [0.1, 0.15) is 5.82 Å². The fourth-order valence-electron chi connectivity index (χ4n) is 1.63. The average Bonchev–Trinajstić information content (AvgIpc) is 2.30. The van der Waals surface area contributed by atoms with Crippen LogP contribution in [0.3, 0.4) is 0 Å². The highest BCUT2D eigenvalue weighted by Gasteiger charge is 2.17. The van der Waals surface area contributed by atoms with Crippen molar-refractivity contribution in [2.75, 3.05) is 6.54 Å². The van der Waals surface area contributed by atoms with Crippen molar-refractivity contribution in [1.82, 2.24) is 5.32 Å². The number of benzene rings is 1. The van der Waals surface area contributed by atoms with E-state index in [1.54, 1.807) is 0 Å². The SMILES string of the molecule is CC(C)CC(O)CNC(=O)c1cc(F)c(F)cc1F. The smallest absolute Gasteiger partial charge is 0.254 e. The molecule has 0 saturated heterocycles. The third-order valence-corrected chi connectivity index (χ3v) is 2.50. The Kier molecular flexibility index (Phi) is 5.35. The van der Waals surface area contributed by atoms with Crippen molar-refractivity contribution in [2.24, 2.45) is 5.92 Å². The summed E-state index contributed by atoms with van der Waals surface area (Å²) in [6.45, 7) is 3.73. The van der Waals surface area contributed by atoms with E-state index >= 15 is 0 Å². The molecule has 3 nitrogen and oxygen atoms in total. The molecule has 0 aliphatic carbocycles. The number of hydrogen-bond donors (Lipinski definition) is 2. The lowest BCUT2D eigenvalue weighted by molar-refractivity contribution is 0.0895. The molecule has 106 valence electrons. The van der Waals surface area contributed by atoms with Crippen molar-refractivity contribution in [3.8, 4) is 0 Å². The first-order valence-corrected chi connectivity index (χ1v) is 5.92. The minimum absolute atomic E-state index is 0.0740. The van der Waals surface area contributed by atoms with Gasteiger partial charge in [-0.05, 0) is 18.4 Å². The maximum Gasteiger partial charge on any atom is 0.254 e. The van der Waals surface area contributed by atoms with E-state index in [-0.39, 0.29) is 12.5 Å². The van der Waals surface area contributed by atoms with Gasteiger partial charge in [0.05, 0.1) is 11.7 Å². The molecule has 0 radical (unpaired) electrons. The van der Waals surface area contributed by atoms with Crippen LogP contribution < -0.4 is 5.32 Å². The molecule has 0 fully saturated rings. The molecule has 1 rings (SSSR count). The van der Waals surface area contributed by atoms with Crippen molar-refractivity contribution in [3.63, 3.8) is 0 Å². The van der Waals surface area contributed by atoms with Crippen LogP contribution in [0.2, 0.25) is 0 Å². The monoisotopic (exact) mass is 275 g/mol. The maximum atomic E-state index is 13.3. The van der Waals surface area contributed by atoms with E-state index < -0.39 is 35.0 Å². The van der Waals surface area contributed by atoms with Gasteiger partial charge in [-0.3, -0.25) is 4.79 Å². The lowest BCUT2D eigenvalue weighted by Gasteiger charge is -2.14. The Labute approximate surface area is 109 Å². The molecular weight excluding hydrogens is 259 g/mol. The van der Waals surface area contributed by atoms with Gasteiger partial charge in [0.15, 0.2) is 11.6 Å². The van der Waals surface area contributed by atoms with Crippen LogP contribution in [0.4, 0.5) is 13.2 Å². The van der Waals surface area contributed by atoms with E-state index in [0.29, 0.717) is 18.6 Å². The summed E-state index contributed by atoms with van der Waals surface area (Å²) in [5, 5.41) is 11.8. The second kappa shape index (κ2) is 6.56. The molecule has 1 amide bonds. The van der Waals surface area contributed by atoms with Crippen LogP contribution in [0.1, 0.15) is 30.6 Å². The van der Waals surface area contributed by atoms with Crippen LogP contribution >= 0.6 is 0 Å². The first-order chi connectivity index (χ1) is 8.81. The highest BCUT2D eigenvalue weighted by molar-refractivity contribution is 5.94. The highest BCUT2D eigenvalue weighted by atomic mass is 19.2. The Hall–Kier alpha value is -1.56. The Morgan fingerprint density at radius 3 is 2.37 bits per heavy atom. The van der Waals surface area contributed by atoms with Crippen LogP contribution in [0.5, 0.6) is 0 Å². The van der Waals surface area contributed by atoms with Crippen molar-refractivity contribution in [2.45, 2.75) is 26.4 Å². The van der Waals surface area contributed by atoms with Crippen LogP contribution in [-0.2, 0) is 0 Å². The van der Waals surface area contributed by atoms with Gasteiger partial charge in [-0.25, -0.2) is 13.2 Å². The van der Waals surface area contributed by atoms with E-state index in [1.165, 1.54) is 0 Å². The Bertz CT molecular complexity index is 463.